The number of Topliss-reactive ketones (excluding diaryl/α,β-unsaturated/α-hetero) is 1. The second-order valence-corrected chi connectivity index (χ2v) is 7.55. The fourth-order valence-corrected chi connectivity index (χ4v) is 5.15. The number of allylic oxidation sites excluding steroid dienone is 1. The van der Waals surface area contributed by atoms with Crippen molar-refractivity contribution in [1.29, 1.82) is 0 Å². The average Bonchev–Trinajstić information content (AvgIpc) is 3.07. The molecule has 6 atom stereocenters. The molecule has 0 aromatic carbocycles. The van der Waals surface area contributed by atoms with Gasteiger partial charge >= 0.3 is 0 Å². The molecule has 124 valence electrons. The highest BCUT2D eigenvalue weighted by molar-refractivity contribution is 5.87. The Kier molecular flexibility index (Phi) is 4.48. The number of rotatable bonds is 4. The van der Waals surface area contributed by atoms with E-state index in [0.29, 0.717) is 30.0 Å². The molecule has 0 bridgehead atoms. The van der Waals surface area contributed by atoms with Crippen LogP contribution in [-0.2, 0) is 14.3 Å². The molecule has 3 rings (SSSR count). The van der Waals surface area contributed by atoms with E-state index in [0.717, 1.165) is 44.3 Å². The van der Waals surface area contributed by atoms with Crippen molar-refractivity contribution in [3.8, 4) is 0 Å². The van der Waals surface area contributed by atoms with E-state index in [1.165, 1.54) is 0 Å². The molecule has 2 heterocycles. The molecule has 3 fully saturated rings. The highest BCUT2D eigenvalue weighted by Gasteiger charge is 2.57. The van der Waals surface area contributed by atoms with Crippen LogP contribution in [0.3, 0.4) is 0 Å². The third-order valence-electron chi connectivity index (χ3n) is 6.57. The van der Waals surface area contributed by atoms with E-state index < -0.39 is 0 Å². The van der Waals surface area contributed by atoms with Gasteiger partial charge in [-0.05, 0) is 44.4 Å². The van der Waals surface area contributed by atoms with Gasteiger partial charge in [0.1, 0.15) is 5.78 Å². The van der Waals surface area contributed by atoms with Crippen LogP contribution < -0.4 is 0 Å². The molecule has 0 unspecified atom stereocenters. The Hall–Kier alpha value is -0.670. The van der Waals surface area contributed by atoms with E-state index >= 15 is 0 Å². The second-order valence-electron chi connectivity index (χ2n) is 7.55. The first-order valence-corrected chi connectivity index (χ1v) is 8.98. The van der Waals surface area contributed by atoms with Gasteiger partial charge in [0.15, 0.2) is 6.29 Å². The summed E-state index contributed by atoms with van der Waals surface area (Å²) >= 11 is 0. The summed E-state index contributed by atoms with van der Waals surface area (Å²) in [5.41, 5.74) is 0.859. The van der Waals surface area contributed by atoms with Crippen LogP contribution in [0, 0.1) is 23.2 Å². The molecule has 0 radical (unpaired) electrons. The van der Waals surface area contributed by atoms with E-state index in [1.54, 1.807) is 0 Å². The normalized spacial score (nSPS) is 45.0. The fraction of sp³-hybridized carbons (Fsp3) is 0.842. The number of fused-ring (bicyclic) bond motifs is 1. The summed E-state index contributed by atoms with van der Waals surface area (Å²) in [7, 11) is 0. The Morgan fingerprint density at radius 3 is 2.73 bits per heavy atom. The summed E-state index contributed by atoms with van der Waals surface area (Å²) < 4.78 is 12.0. The fourth-order valence-electron chi connectivity index (χ4n) is 5.15. The van der Waals surface area contributed by atoms with Crippen molar-refractivity contribution in [2.75, 3.05) is 6.61 Å². The zero-order valence-corrected chi connectivity index (χ0v) is 14.3. The van der Waals surface area contributed by atoms with Crippen molar-refractivity contribution >= 4 is 5.78 Å². The van der Waals surface area contributed by atoms with Gasteiger partial charge in [0.05, 0.1) is 18.1 Å². The molecular formula is C19H30O3. The highest BCUT2D eigenvalue weighted by Crippen LogP contribution is 2.54. The minimum Gasteiger partial charge on any atom is -0.352 e. The first-order chi connectivity index (χ1) is 10.5. The van der Waals surface area contributed by atoms with E-state index in [9.17, 15) is 4.79 Å². The largest absolute Gasteiger partial charge is 0.352 e. The summed E-state index contributed by atoms with van der Waals surface area (Å²) in [5.74, 6) is 1.67. The smallest absolute Gasteiger partial charge is 0.160 e. The molecule has 0 spiro atoms. The standard InChI is InChI=1S/C19H30O3/c1-5-15-9-14(12(3)4)10-16(20)19(15,6-2)17-11-13-7-8-21-18(13)22-17/h13-15,17-18H,3,5-11H2,1-2,4H3/t13-,14+,15+,17-,18-,19-/m0/s1. The molecule has 22 heavy (non-hydrogen) atoms. The zero-order chi connectivity index (χ0) is 15.9. The number of hydrogen-bond acceptors (Lipinski definition) is 3. The van der Waals surface area contributed by atoms with Crippen molar-refractivity contribution in [2.24, 2.45) is 23.2 Å². The minimum atomic E-state index is -0.297. The van der Waals surface area contributed by atoms with Crippen LogP contribution in [-0.4, -0.2) is 24.8 Å². The van der Waals surface area contributed by atoms with Gasteiger partial charge < -0.3 is 9.47 Å². The molecule has 3 aliphatic rings. The van der Waals surface area contributed by atoms with E-state index in [1.807, 2.05) is 0 Å². The van der Waals surface area contributed by atoms with Crippen LogP contribution in [0.4, 0.5) is 0 Å². The van der Waals surface area contributed by atoms with Gasteiger partial charge in [-0.3, -0.25) is 4.79 Å². The Bertz CT molecular complexity index is 446. The molecule has 2 aliphatic heterocycles. The van der Waals surface area contributed by atoms with Crippen LogP contribution in [0.2, 0.25) is 0 Å². The van der Waals surface area contributed by atoms with Gasteiger partial charge in [-0.15, -0.1) is 0 Å². The van der Waals surface area contributed by atoms with Crippen LogP contribution in [0.1, 0.15) is 59.3 Å². The SMILES string of the molecule is C=C(C)[C@H]1CC(=O)[C@@](CC)([C@@H]2C[C@@H]3CCO[C@H]3O2)[C@H](CC)C1. The first-order valence-electron chi connectivity index (χ1n) is 8.98. The van der Waals surface area contributed by atoms with E-state index in [-0.39, 0.29) is 17.8 Å². The first kappa shape index (κ1) is 16.2. The molecule has 0 aromatic heterocycles. The van der Waals surface area contributed by atoms with Crippen molar-refractivity contribution in [1.82, 2.24) is 0 Å². The second kappa shape index (κ2) is 6.09. The maximum Gasteiger partial charge on any atom is 0.160 e. The molecule has 2 saturated heterocycles. The summed E-state index contributed by atoms with van der Waals surface area (Å²) in [6, 6.07) is 0. The maximum atomic E-state index is 13.2. The predicted octanol–water partition coefficient (Wildman–Crippen LogP) is 4.12. The summed E-state index contributed by atoms with van der Waals surface area (Å²) in [6.07, 6.45) is 5.74. The monoisotopic (exact) mass is 306 g/mol. The van der Waals surface area contributed by atoms with Gasteiger partial charge in [-0.2, -0.15) is 0 Å². The summed E-state index contributed by atoms with van der Waals surface area (Å²) in [4.78, 5) is 13.2. The van der Waals surface area contributed by atoms with Crippen LogP contribution in [0.15, 0.2) is 12.2 Å². The minimum absolute atomic E-state index is 0.0521. The molecule has 0 N–H and O–H groups in total. The van der Waals surface area contributed by atoms with Gasteiger partial charge in [0.2, 0.25) is 0 Å². The zero-order valence-electron chi connectivity index (χ0n) is 14.3. The molecule has 1 saturated carbocycles. The Morgan fingerprint density at radius 1 is 1.36 bits per heavy atom. The topological polar surface area (TPSA) is 35.5 Å². The molecule has 0 amide bonds. The van der Waals surface area contributed by atoms with E-state index in [4.69, 9.17) is 9.47 Å². The third-order valence-corrected chi connectivity index (χ3v) is 6.57. The van der Waals surface area contributed by atoms with Gasteiger partial charge in [-0.1, -0.05) is 32.4 Å². The van der Waals surface area contributed by atoms with Crippen molar-refractivity contribution in [2.45, 2.75) is 71.7 Å². The third kappa shape index (κ3) is 2.37. The lowest BCUT2D eigenvalue weighted by atomic mass is 9.56. The van der Waals surface area contributed by atoms with Gasteiger partial charge in [0.25, 0.3) is 0 Å². The Balaban J connectivity index is 1.86. The maximum absolute atomic E-state index is 13.2. The number of ketones is 1. The van der Waals surface area contributed by atoms with Crippen LogP contribution in [0.5, 0.6) is 0 Å². The quantitative estimate of drug-likeness (QED) is 0.733. The molecule has 3 nitrogen and oxygen atoms in total. The molecule has 0 aromatic rings. The number of ether oxygens (including phenoxy) is 2. The van der Waals surface area contributed by atoms with Crippen LogP contribution in [0.25, 0.3) is 0 Å². The summed E-state index contributed by atoms with van der Waals surface area (Å²) in [5, 5.41) is 0. The van der Waals surface area contributed by atoms with Gasteiger partial charge in [0, 0.05) is 12.3 Å². The lowest BCUT2D eigenvalue weighted by molar-refractivity contribution is -0.175. The van der Waals surface area contributed by atoms with Crippen molar-refractivity contribution in [3.63, 3.8) is 0 Å². The number of hydrogen-bond donors (Lipinski definition) is 0. The van der Waals surface area contributed by atoms with E-state index in [2.05, 4.69) is 27.4 Å². The van der Waals surface area contributed by atoms with Gasteiger partial charge in [-0.25, -0.2) is 0 Å². The predicted molar refractivity (Wildman–Crippen MR) is 86.4 cm³/mol. The Labute approximate surface area is 134 Å². The molecular weight excluding hydrogens is 276 g/mol. The van der Waals surface area contributed by atoms with Crippen molar-refractivity contribution in [3.05, 3.63) is 12.2 Å². The average molecular weight is 306 g/mol. The number of carbonyl (C=O) groups excluding carboxylic acids is 1. The van der Waals surface area contributed by atoms with Crippen LogP contribution >= 0.6 is 0 Å². The van der Waals surface area contributed by atoms with Crippen molar-refractivity contribution < 1.29 is 14.3 Å². The number of carbonyl (C=O) groups is 1. The molecule has 1 aliphatic carbocycles. The lowest BCUT2D eigenvalue weighted by Gasteiger charge is -2.48. The highest BCUT2D eigenvalue weighted by atomic mass is 16.7. The summed E-state index contributed by atoms with van der Waals surface area (Å²) in [6.45, 7) is 11.4. The molecule has 3 heteroatoms. The Morgan fingerprint density at radius 2 is 2.14 bits per heavy atom. The lowest BCUT2D eigenvalue weighted by Crippen LogP contribution is -2.52.